The smallest absolute Gasteiger partial charge is 0.272 e. The van der Waals surface area contributed by atoms with E-state index in [1.807, 2.05) is 37.3 Å². The maximum Gasteiger partial charge on any atom is 0.272 e. The molecule has 1 spiro atoms. The molecule has 2 aromatic rings. The number of pyridine rings is 1. The van der Waals surface area contributed by atoms with E-state index in [4.69, 9.17) is 0 Å². The first-order valence-corrected chi connectivity index (χ1v) is 11.0. The minimum Gasteiger partial charge on any atom is -0.335 e. The second-order valence-corrected chi connectivity index (χ2v) is 10.1. The van der Waals surface area contributed by atoms with Crippen molar-refractivity contribution < 1.29 is 13.2 Å². The molecule has 1 saturated heterocycles. The monoisotopic (exact) mass is 372 g/mol. The zero-order valence-electron chi connectivity index (χ0n) is 15.1. The first-order valence-electron chi connectivity index (χ1n) is 9.30. The molecule has 1 aliphatic heterocycles. The zero-order chi connectivity index (χ0) is 18.4. The number of para-hydroxylation sites is 1. The number of benzene rings is 1. The molecule has 138 valence electrons. The molecule has 0 bridgehead atoms. The second-order valence-electron chi connectivity index (χ2n) is 7.63. The normalized spacial score (nSPS) is 21.8. The molecule has 2 heterocycles. The number of rotatable bonds is 1. The fourth-order valence-corrected chi connectivity index (χ4v) is 6.59. The van der Waals surface area contributed by atoms with Gasteiger partial charge in [0.15, 0.2) is 9.84 Å². The Bertz CT molecular complexity index is 962. The predicted molar refractivity (Wildman–Crippen MR) is 102 cm³/mol. The van der Waals surface area contributed by atoms with Crippen LogP contribution in [0.25, 0.3) is 10.9 Å². The third-order valence-corrected chi connectivity index (χ3v) is 8.54. The van der Waals surface area contributed by atoms with E-state index in [0.29, 0.717) is 25.1 Å². The van der Waals surface area contributed by atoms with Gasteiger partial charge in [-0.1, -0.05) is 37.5 Å². The molecular weight excluding hydrogens is 348 g/mol. The van der Waals surface area contributed by atoms with Gasteiger partial charge >= 0.3 is 0 Å². The number of sulfone groups is 1. The van der Waals surface area contributed by atoms with Crippen LogP contribution in [0, 0.1) is 6.92 Å². The summed E-state index contributed by atoms with van der Waals surface area (Å²) >= 11 is 0. The van der Waals surface area contributed by atoms with Crippen LogP contribution in [0.4, 0.5) is 0 Å². The number of carbonyl (C=O) groups excluding carboxylic acids is 1. The molecule has 4 rings (SSSR count). The fraction of sp³-hybridized carbons (Fsp3) is 0.500. The number of carbonyl (C=O) groups is 1. The van der Waals surface area contributed by atoms with E-state index >= 15 is 0 Å². The van der Waals surface area contributed by atoms with Crippen molar-refractivity contribution in [2.45, 2.75) is 43.8 Å². The number of hydrogen-bond donors (Lipinski definition) is 0. The lowest BCUT2D eigenvalue weighted by Crippen LogP contribution is -2.58. The molecule has 1 amide bonds. The molecule has 1 aromatic carbocycles. The van der Waals surface area contributed by atoms with Crippen molar-refractivity contribution in [2.75, 3.05) is 18.8 Å². The molecule has 0 unspecified atom stereocenters. The third-order valence-electron chi connectivity index (χ3n) is 5.96. The molecule has 0 N–H and O–H groups in total. The quantitative estimate of drug-likeness (QED) is 0.771. The van der Waals surface area contributed by atoms with Crippen LogP contribution < -0.4 is 0 Å². The van der Waals surface area contributed by atoms with E-state index in [2.05, 4.69) is 4.98 Å². The highest BCUT2D eigenvalue weighted by atomic mass is 32.2. The summed E-state index contributed by atoms with van der Waals surface area (Å²) in [6, 6.07) is 9.59. The van der Waals surface area contributed by atoms with Gasteiger partial charge < -0.3 is 4.90 Å². The predicted octanol–water partition coefficient (Wildman–Crippen LogP) is 3.12. The number of aryl methyl sites for hydroxylation is 1. The summed E-state index contributed by atoms with van der Waals surface area (Å²) in [5.74, 6) is -0.0932. The highest BCUT2D eigenvalue weighted by Crippen LogP contribution is 2.39. The Kier molecular flexibility index (Phi) is 4.26. The molecule has 1 saturated carbocycles. The van der Waals surface area contributed by atoms with Crippen molar-refractivity contribution in [2.24, 2.45) is 0 Å². The molecule has 0 radical (unpaired) electrons. The number of fused-ring (bicyclic) bond motifs is 1. The first kappa shape index (κ1) is 17.5. The minimum atomic E-state index is -3.15. The van der Waals surface area contributed by atoms with Crippen LogP contribution in [0.5, 0.6) is 0 Å². The number of hydrogen-bond acceptors (Lipinski definition) is 4. The summed E-state index contributed by atoms with van der Waals surface area (Å²) in [6.07, 6.45) is 4.27. The Hall–Kier alpha value is -1.95. The van der Waals surface area contributed by atoms with E-state index in [9.17, 15) is 13.2 Å². The average Bonchev–Trinajstić information content (AvgIpc) is 2.64. The van der Waals surface area contributed by atoms with Gasteiger partial charge in [-0.25, -0.2) is 13.4 Å². The molecule has 2 fully saturated rings. The van der Waals surface area contributed by atoms with Crippen molar-refractivity contribution in [3.63, 3.8) is 0 Å². The molecule has 2 aliphatic rings. The lowest BCUT2D eigenvalue weighted by molar-refractivity contribution is 0.0717. The highest BCUT2D eigenvalue weighted by Gasteiger charge is 2.49. The van der Waals surface area contributed by atoms with Crippen LogP contribution in [0.2, 0.25) is 0 Å². The SMILES string of the molecule is Cc1cc(C(=O)N2CCS(=O)(=O)C3(CCCCC3)C2)nc2ccccc12. The van der Waals surface area contributed by atoms with Crippen LogP contribution in [-0.4, -0.2) is 47.8 Å². The van der Waals surface area contributed by atoms with Gasteiger partial charge in [-0.15, -0.1) is 0 Å². The van der Waals surface area contributed by atoms with Gasteiger partial charge in [-0.05, 0) is 37.5 Å². The topological polar surface area (TPSA) is 67.3 Å². The van der Waals surface area contributed by atoms with Crippen LogP contribution in [0.15, 0.2) is 30.3 Å². The van der Waals surface area contributed by atoms with Crippen molar-refractivity contribution >= 4 is 26.6 Å². The van der Waals surface area contributed by atoms with Crippen molar-refractivity contribution in [1.82, 2.24) is 9.88 Å². The van der Waals surface area contributed by atoms with Crippen LogP contribution in [0.3, 0.4) is 0 Å². The van der Waals surface area contributed by atoms with Gasteiger partial charge in [0.1, 0.15) is 5.69 Å². The lowest BCUT2D eigenvalue weighted by Gasteiger charge is -2.44. The number of aromatic nitrogens is 1. The Balaban J connectivity index is 1.66. The lowest BCUT2D eigenvalue weighted by atomic mass is 9.87. The van der Waals surface area contributed by atoms with Crippen molar-refractivity contribution in [1.29, 1.82) is 0 Å². The fourth-order valence-electron chi connectivity index (χ4n) is 4.43. The molecule has 0 atom stereocenters. The summed E-state index contributed by atoms with van der Waals surface area (Å²) in [6.45, 7) is 2.54. The molecule has 1 aliphatic carbocycles. The summed E-state index contributed by atoms with van der Waals surface area (Å²) in [4.78, 5) is 19.4. The summed E-state index contributed by atoms with van der Waals surface area (Å²) in [5.41, 5.74) is 2.22. The average molecular weight is 372 g/mol. The molecule has 5 nitrogen and oxygen atoms in total. The first-order chi connectivity index (χ1) is 12.4. The van der Waals surface area contributed by atoms with Gasteiger partial charge in [0.25, 0.3) is 5.91 Å². The Labute approximate surface area is 154 Å². The zero-order valence-corrected chi connectivity index (χ0v) is 15.9. The van der Waals surface area contributed by atoms with Crippen molar-refractivity contribution in [3.8, 4) is 0 Å². The number of amides is 1. The Morgan fingerprint density at radius 3 is 2.65 bits per heavy atom. The third kappa shape index (κ3) is 2.80. The maximum absolute atomic E-state index is 13.1. The summed E-state index contributed by atoms with van der Waals surface area (Å²) < 4.78 is 24.7. The van der Waals surface area contributed by atoms with Crippen molar-refractivity contribution in [3.05, 3.63) is 41.6 Å². The van der Waals surface area contributed by atoms with E-state index in [1.165, 1.54) is 0 Å². The van der Waals surface area contributed by atoms with Gasteiger partial charge in [0, 0.05) is 18.5 Å². The Morgan fingerprint density at radius 1 is 1.15 bits per heavy atom. The molecule has 26 heavy (non-hydrogen) atoms. The van der Waals surface area contributed by atoms with E-state index in [-0.39, 0.29) is 18.2 Å². The second kappa shape index (κ2) is 6.34. The molecule has 6 heteroatoms. The van der Waals surface area contributed by atoms with Crippen LogP contribution in [0.1, 0.15) is 48.2 Å². The summed E-state index contributed by atoms with van der Waals surface area (Å²) in [5, 5.41) is 1.04. The van der Waals surface area contributed by atoms with Gasteiger partial charge in [-0.3, -0.25) is 4.79 Å². The molecular formula is C20H24N2O3S. The van der Waals surface area contributed by atoms with Crippen LogP contribution in [-0.2, 0) is 9.84 Å². The highest BCUT2D eigenvalue weighted by molar-refractivity contribution is 7.92. The standard InChI is InChI=1S/C20H24N2O3S/c1-15-13-18(21-17-8-4-3-7-16(15)17)19(23)22-11-12-26(24,25)20(14-22)9-5-2-6-10-20/h3-4,7-8,13H,2,5-6,9-12,14H2,1H3. The van der Waals surface area contributed by atoms with E-state index < -0.39 is 14.6 Å². The van der Waals surface area contributed by atoms with Gasteiger partial charge in [0.05, 0.1) is 16.0 Å². The van der Waals surface area contributed by atoms with Gasteiger partial charge in [-0.2, -0.15) is 0 Å². The Morgan fingerprint density at radius 2 is 1.88 bits per heavy atom. The molecule has 1 aromatic heterocycles. The van der Waals surface area contributed by atoms with Crippen LogP contribution >= 0.6 is 0 Å². The number of nitrogens with zero attached hydrogens (tertiary/aromatic N) is 2. The van der Waals surface area contributed by atoms with E-state index in [1.54, 1.807) is 4.90 Å². The largest absolute Gasteiger partial charge is 0.335 e. The van der Waals surface area contributed by atoms with E-state index in [0.717, 1.165) is 35.7 Å². The minimum absolute atomic E-state index is 0.0608. The van der Waals surface area contributed by atoms with Gasteiger partial charge in [0.2, 0.25) is 0 Å². The summed E-state index contributed by atoms with van der Waals surface area (Å²) in [7, 11) is -3.15. The maximum atomic E-state index is 13.1.